The van der Waals surface area contributed by atoms with E-state index in [2.05, 4.69) is 20.8 Å². The van der Waals surface area contributed by atoms with Crippen LogP contribution in [0.3, 0.4) is 0 Å². The summed E-state index contributed by atoms with van der Waals surface area (Å²) in [5, 5.41) is 2.61. The maximum absolute atomic E-state index is 16.4. The number of halogens is 2. The number of aromatic nitrogens is 2. The van der Waals surface area contributed by atoms with Gasteiger partial charge in [0, 0.05) is 29.9 Å². The normalized spacial score (nSPS) is 13.7. The molecule has 2 N–H and O–H groups in total. The Balaban J connectivity index is 1.38. The van der Waals surface area contributed by atoms with Crippen LogP contribution in [0.1, 0.15) is 40.0 Å². The summed E-state index contributed by atoms with van der Waals surface area (Å²) < 4.78 is 41.6. The van der Waals surface area contributed by atoms with Crippen LogP contribution in [0.4, 0.5) is 8.78 Å². The SMILES string of the molecule is CNC(=O)c1c(-c2ccc(F)cc2)oc2ccc(-c3cc(CONC4(c5ccncn5)CC4)c(OC)cc3C)c(F)c12. The minimum absolute atomic E-state index is 0.0387. The van der Waals surface area contributed by atoms with Crippen molar-refractivity contribution in [2.24, 2.45) is 0 Å². The number of rotatable bonds is 9. The Hall–Kier alpha value is -4.67. The molecule has 0 radical (unpaired) electrons. The van der Waals surface area contributed by atoms with Crippen LogP contribution < -0.4 is 15.5 Å². The first kappa shape index (κ1) is 27.5. The summed E-state index contributed by atoms with van der Waals surface area (Å²) in [5.74, 6) is -0.809. The van der Waals surface area contributed by atoms with Gasteiger partial charge in [0.1, 0.15) is 35.1 Å². The molecule has 0 aliphatic heterocycles. The van der Waals surface area contributed by atoms with Crippen molar-refractivity contribution in [1.29, 1.82) is 0 Å². The predicted octanol–water partition coefficient (Wildman–Crippen LogP) is 6.22. The summed E-state index contributed by atoms with van der Waals surface area (Å²) in [5.41, 5.74) is 6.70. The molecule has 42 heavy (non-hydrogen) atoms. The molecule has 3 aromatic carbocycles. The van der Waals surface area contributed by atoms with Crippen molar-refractivity contribution < 1.29 is 27.6 Å². The largest absolute Gasteiger partial charge is 0.496 e. The average Bonchev–Trinajstić information content (AvgIpc) is 3.70. The fraction of sp³-hybridized carbons (Fsp3) is 0.219. The van der Waals surface area contributed by atoms with Gasteiger partial charge in [0.05, 0.1) is 35.9 Å². The van der Waals surface area contributed by atoms with Crippen LogP contribution in [0.15, 0.2) is 71.5 Å². The molecule has 1 aliphatic carbocycles. The Morgan fingerprint density at radius 3 is 2.52 bits per heavy atom. The standard InChI is InChI=1S/C32H28F2N4O4/c1-18-14-25(40-3)20(16-41-38-32(11-12-32)26-10-13-36-17-37-26)15-23(18)22-8-9-24-27(29(22)34)28(31(39)35-2)30(42-24)19-4-6-21(33)7-5-19/h4-10,13-15,17,38H,11-12,16H2,1-3H3,(H,35,39). The van der Waals surface area contributed by atoms with Crippen molar-refractivity contribution >= 4 is 16.9 Å². The Kier molecular flexibility index (Phi) is 7.17. The number of fused-ring (bicyclic) bond motifs is 1. The van der Waals surface area contributed by atoms with Crippen molar-refractivity contribution in [2.75, 3.05) is 14.2 Å². The molecule has 6 rings (SSSR count). The number of methoxy groups -OCH3 is 1. The number of amides is 1. The smallest absolute Gasteiger partial charge is 0.255 e. The molecular formula is C32H28F2N4O4. The minimum atomic E-state index is -0.609. The Labute approximate surface area is 240 Å². The van der Waals surface area contributed by atoms with Gasteiger partial charge in [-0.15, -0.1) is 0 Å². The molecule has 0 unspecified atom stereocenters. The number of hydrogen-bond donors (Lipinski definition) is 2. The number of nitrogens with one attached hydrogen (secondary N) is 2. The lowest BCUT2D eigenvalue weighted by molar-refractivity contribution is -0.00713. The van der Waals surface area contributed by atoms with Crippen LogP contribution in [0.5, 0.6) is 5.75 Å². The zero-order chi connectivity index (χ0) is 29.4. The number of aryl methyl sites for hydroxylation is 1. The number of carbonyl (C=O) groups excluding carboxylic acids is 1. The van der Waals surface area contributed by atoms with Crippen LogP contribution in [0.2, 0.25) is 0 Å². The molecule has 5 aromatic rings. The van der Waals surface area contributed by atoms with Crippen LogP contribution in [0, 0.1) is 18.6 Å². The van der Waals surface area contributed by atoms with Crippen LogP contribution in [-0.2, 0) is 17.0 Å². The molecule has 1 fully saturated rings. The number of carbonyl (C=O) groups is 1. The summed E-state index contributed by atoms with van der Waals surface area (Å²) in [6, 6.07) is 14.3. The van der Waals surface area contributed by atoms with E-state index in [9.17, 15) is 9.18 Å². The maximum Gasteiger partial charge on any atom is 0.255 e. The van der Waals surface area contributed by atoms with Gasteiger partial charge < -0.3 is 14.5 Å². The van der Waals surface area contributed by atoms with E-state index in [1.807, 2.05) is 25.1 Å². The summed E-state index contributed by atoms with van der Waals surface area (Å²) in [6.45, 7) is 2.01. The molecule has 0 saturated heterocycles. The van der Waals surface area contributed by atoms with Crippen molar-refractivity contribution in [3.05, 3.63) is 101 Å². The number of nitrogens with zero attached hydrogens (tertiary/aromatic N) is 2. The van der Waals surface area contributed by atoms with Crippen LogP contribution in [0.25, 0.3) is 33.4 Å². The number of furan rings is 1. The van der Waals surface area contributed by atoms with E-state index in [1.165, 1.54) is 37.6 Å². The summed E-state index contributed by atoms with van der Waals surface area (Å²) in [4.78, 5) is 27.3. The fourth-order valence-electron chi connectivity index (χ4n) is 5.19. The quantitative estimate of drug-likeness (QED) is 0.203. The zero-order valence-electron chi connectivity index (χ0n) is 23.3. The Morgan fingerprint density at radius 2 is 1.86 bits per heavy atom. The second kappa shape index (κ2) is 11.0. The van der Waals surface area contributed by atoms with Gasteiger partial charge in [0.25, 0.3) is 5.91 Å². The summed E-state index contributed by atoms with van der Waals surface area (Å²) in [6.07, 6.45) is 4.96. The van der Waals surface area contributed by atoms with E-state index in [4.69, 9.17) is 14.0 Å². The van der Waals surface area contributed by atoms with Gasteiger partial charge in [0.15, 0.2) is 0 Å². The van der Waals surface area contributed by atoms with Gasteiger partial charge in [-0.1, -0.05) is 0 Å². The highest BCUT2D eigenvalue weighted by Gasteiger charge is 2.46. The third-order valence-electron chi connectivity index (χ3n) is 7.59. The maximum atomic E-state index is 16.4. The molecule has 1 amide bonds. The van der Waals surface area contributed by atoms with Gasteiger partial charge in [-0.2, -0.15) is 5.48 Å². The molecule has 214 valence electrons. The number of hydroxylamine groups is 1. The minimum Gasteiger partial charge on any atom is -0.496 e. The Bertz CT molecular complexity index is 1780. The second-order valence-corrected chi connectivity index (χ2v) is 10.2. The summed E-state index contributed by atoms with van der Waals surface area (Å²) in [7, 11) is 3.03. The lowest BCUT2D eigenvalue weighted by Crippen LogP contribution is -2.30. The Morgan fingerprint density at radius 1 is 1.07 bits per heavy atom. The lowest BCUT2D eigenvalue weighted by atomic mass is 9.94. The molecular weight excluding hydrogens is 542 g/mol. The van der Waals surface area contributed by atoms with Crippen LogP contribution >= 0.6 is 0 Å². The number of benzene rings is 3. The average molecular weight is 571 g/mol. The number of hydrogen-bond acceptors (Lipinski definition) is 7. The molecule has 0 spiro atoms. The van der Waals surface area contributed by atoms with E-state index in [1.54, 1.807) is 25.4 Å². The molecule has 1 saturated carbocycles. The highest BCUT2D eigenvalue weighted by atomic mass is 19.1. The van der Waals surface area contributed by atoms with Gasteiger partial charge in [0.2, 0.25) is 0 Å². The molecule has 2 heterocycles. The highest BCUT2D eigenvalue weighted by molar-refractivity contribution is 6.12. The van der Waals surface area contributed by atoms with E-state index >= 15 is 4.39 Å². The van der Waals surface area contributed by atoms with Gasteiger partial charge >= 0.3 is 0 Å². The van der Waals surface area contributed by atoms with Crippen molar-refractivity contribution in [3.8, 4) is 28.2 Å². The lowest BCUT2D eigenvalue weighted by Gasteiger charge is -2.18. The molecule has 8 nitrogen and oxygen atoms in total. The molecule has 1 aliphatic rings. The van der Waals surface area contributed by atoms with Gasteiger partial charge in [-0.25, -0.2) is 18.7 Å². The van der Waals surface area contributed by atoms with E-state index < -0.39 is 17.5 Å². The van der Waals surface area contributed by atoms with Gasteiger partial charge in [-0.3, -0.25) is 9.63 Å². The van der Waals surface area contributed by atoms with Gasteiger partial charge in [-0.05, 0) is 85.5 Å². The van der Waals surface area contributed by atoms with E-state index in [-0.39, 0.29) is 40.0 Å². The molecule has 2 aromatic heterocycles. The molecule has 10 heteroatoms. The monoisotopic (exact) mass is 570 g/mol. The van der Waals surface area contributed by atoms with Crippen molar-refractivity contribution in [3.63, 3.8) is 0 Å². The molecule has 0 bridgehead atoms. The van der Waals surface area contributed by atoms with E-state index in [0.717, 1.165) is 24.1 Å². The van der Waals surface area contributed by atoms with E-state index in [0.29, 0.717) is 22.4 Å². The third kappa shape index (κ3) is 4.88. The first-order valence-corrected chi connectivity index (χ1v) is 13.4. The predicted molar refractivity (Wildman–Crippen MR) is 153 cm³/mol. The molecule has 0 atom stereocenters. The number of ether oxygens (including phenoxy) is 1. The first-order valence-electron chi connectivity index (χ1n) is 13.4. The zero-order valence-corrected chi connectivity index (χ0v) is 23.3. The topological polar surface area (TPSA) is 98.5 Å². The van der Waals surface area contributed by atoms with Crippen molar-refractivity contribution in [1.82, 2.24) is 20.8 Å². The van der Waals surface area contributed by atoms with Crippen LogP contribution in [-0.4, -0.2) is 30.0 Å². The second-order valence-electron chi connectivity index (χ2n) is 10.2. The third-order valence-corrected chi connectivity index (χ3v) is 7.59. The highest BCUT2D eigenvalue weighted by Crippen LogP contribution is 2.45. The van der Waals surface area contributed by atoms with Crippen molar-refractivity contribution in [2.45, 2.75) is 31.9 Å². The first-order chi connectivity index (χ1) is 20.3. The summed E-state index contributed by atoms with van der Waals surface area (Å²) >= 11 is 0. The fourth-order valence-corrected chi connectivity index (χ4v) is 5.19.